The molecule has 0 bridgehead atoms. The van der Waals surface area contributed by atoms with E-state index in [1.165, 1.54) is 22.0 Å². The lowest BCUT2D eigenvalue weighted by Crippen LogP contribution is -2.25. The zero-order valence-corrected chi connectivity index (χ0v) is 14.0. The molecule has 1 aromatic heterocycles. The molecule has 25 heavy (non-hydrogen) atoms. The Morgan fingerprint density at radius 2 is 1.52 bits per heavy atom. The van der Waals surface area contributed by atoms with Crippen molar-refractivity contribution in [3.63, 3.8) is 0 Å². The Morgan fingerprint density at radius 1 is 0.760 bits per heavy atom. The molecule has 2 heterocycles. The molecule has 1 aliphatic rings. The Hall–Kier alpha value is -3.20. The van der Waals surface area contributed by atoms with Crippen LogP contribution in [0.4, 0.5) is 11.4 Å². The van der Waals surface area contributed by atoms with Crippen LogP contribution in [0.25, 0.3) is 21.9 Å². The van der Waals surface area contributed by atoms with Gasteiger partial charge in [-0.1, -0.05) is 48.5 Å². The highest BCUT2D eigenvalue weighted by Gasteiger charge is 2.21. The van der Waals surface area contributed by atoms with E-state index in [4.69, 9.17) is 4.42 Å². The number of fused-ring (bicyclic) bond motifs is 3. The van der Waals surface area contributed by atoms with E-state index in [2.05, 4.69) is 77.7 Å². The largest absolute Gasteiger partial charge is 0.454 e. The van der Waals surface area contributed by atoms with E-state index in [0.717, 1.165) is 23.5 Å². The highest BCUT2D eigenvalue weighted by Crippen LogP contribution is 2.38. The van der Waals surface area contributed by atoms with Gasteiger partial charge in [-0.15, -0.1) is 0 Å². The standard InChI is InChI=1S/C22H18N2O/c1-16-11-12-19-18-9-5-6-10-20(18)25-22(19)21(16)24-14-13-23(15-24)17-7-3-2-4-8-17/h2-14H,15H2,1H3. The zero-order valence-electron chi connectivity index (χ0n) is 14.0. The van der Waals surface area contributed by atoms with E-state index in [-0.39, 0.29) is 0 Å². The van der Waals surface area contributed by atoms with Crippen LogP contribution in [0.3, 0.4) is 0 Å². The van der Waals surface area contributed by atoms with Crippen molar-refractivity contribution in [3.8, 4) is 0 Å². The molecule has 122 valence electrons. The highest BCUT2D eigenvalue weighted by atomic mass is 16.3. The van der Waals surface area contributed by atoms with Gasteiger partial charge in [0.1, 0.15) is 5.58 Å². The van der Waals surface area contributed by atoms with Crippen molar-refractivity contribution in [1.82, 2.24) is 0 Å². The predicted octanol–water partition coefficient (Wildman–Crippen LogP) is 5.65. The summed E-state index contributed by atoms with van der Waals surface area (Å²) >= 11 is 0. The quantitative estimate of drug-likeness (QED) is 0.474. The summed E-state index contributed by atoms with van der Waals surface area (Å²) in [5.41, 5.74) is 5.44. The molecular formula is C22H18N2O. The van der Waals surface area contributed by atoms with Crippen LogP contribution in [0.1, 0.15) is 5.56 Å². The number of para-hydroxylation sites is 2. The number of hydrogen-bond acceptors (Lipinski definition) is 3. The average molecular weight is 326 g/mol. The molecule has 0 atom stereocenters. The van der Waals surface area contributed by atoms with Gasteiger partial charge in [-0.2, -0.15) is 0 Å². The number of benzene rings is 3. The first-order valence-corrected chi connectivity index (χ1v) is 8.49. The maximum atomic E-state index is 6.22. The second kappa shape index (κ2) is 5.42. The van der Waals surface area contributed by atoms with Crippen LogP contribution in [0.2, 0.25) is 0 Å². The van der Waals surface area contributed by atoms with E-state index in [1.54, 1.807) is 0 Å². The van der Waals surface area contributed by atoms with E-state index >= 15 is 0 Å². The first-order chi connectivity index (χ1) is 12.3. The number of nitrogens with zero attached hydrogens (tertiary/aromatic N) is 2. The summed E-state index contributed by atoms with van der Waals surface area (Å²) in [5, 5.41) is 2.34. The van der Waals surface area contributed by atoms with E-state index in [0.29, 0.717) is 0 Å². The van der Waals surface area contributed by atoms with E-state index in [9.17, 15) is 0 Å². The van der Waals surface area contributed by atoms with Crippen LogP contribution in [0.15, 0.2) is 83.5 Å². The van der Waals surface area contributed by atoms with Crippen molar-refractivity contribution < 1.29 is 4.42 Å². The molecule has 0 aliphatic carbocycles. The van der Waals surface area contributed by atoms with E-state index in [1.807, 2.05) is 18.2 Å². The smallest absolute Gasteiger partial charge is 0.159 e. The first kappa shape index (κ1) is 14.2. The normalized spacial score (nSPS) is 14.1. The van der Waals surface area contributed by atoms with Crippen LogP contribution < -0.4 is 9.80 Å². The maximum Gasteiger partial charge on any atom is 0.159 e. The van der Waals surface area contributed by atoms with Crippen LogP contribution in [0, 0.1) is 6.92 Å². The summed E-state index contributed by atoms with van der Waals surface area (Å²) < 4.78 is 6.22. The molecule has 3 heteroatoms. The third-order valence-electron chi connectivity index (χ3n) is 4.83. The van der Waals surface area contributed by atoms with Gasteiger partial charge >= 0.3 is 0 Å². The summed E-state index contributed by atoms with van der Waals surface area (Å²) in [4.78, 5) is 4.49. The summed E-state index contributed by atoms with van der Waals surface area (Å²) in [6.07, 6.45) is 4.25. The first-order valence-electron chi connectivity index (χ1n) is 8.49. The average Bonchev–Trinajstić information content (AvgIpc) is 3.27. The molecule has 4 aromatic rings. The lowest BCUT2D eigenvalue weighted by atomic mass is 10.1. The van der Waals surface area contributed by atoms with Crippen LogP contribution in [-0.2, 0) is 0 Å². The Labute approximate surface area is 146 Å². The molecule has 0 fully saturated rings. The third kappa shape index (κ3) is 2.20. The number of furan rings is 1. The number of rotatable bonds is 2. The van der Waals surface area contributed by atoms with Crippen molar-refractivity contribution in [2.24, 2.45) is 0 Å². The fraction of sp³-hybridized carbons (Fsp3) is 0.0909. The Balaban J connectivity index is 1.61. The fourth-order valence-corrected chi connectivity index (χ4v) is 3.58. The maximum absolute atomic E-state index is 6.22. The molecule has 0 unspecified atom stereocenters. The third-order valence-corrected chi connectivity index (χ3v) is 4.83. The second-order valence-electron chi connectivity index (χ2n) is 6.42. The van der Waals surface area contributed by atoms with Gasteiger partial charge in [-0.25, -0.2) is 0 Å². The van der Waals surface area contributed by atoms with Gasteiger partial charge < -0.3 is 14.2 Å². The fourth-order valence-electron chi connectivity index (χ4n) is 3.58. The van der Waals surface area contributed by atoms with Crippen molar-refractivity contribution in [2.45, 2.75) is 6.92 Å². The van der Waals surface area contributed by atoms with Gasteiger partial charge in [0.15, 0.2) is 5.58 Å². The van der Waals surface area contributed by atoms with Gasteiger partial charge in [0.2, 0.25) is 0 Å². The minimum absolute atomic E-state index is 0.779. The van der Waals surface area contributed by atoms with Gasteiger partial charge in [0.25, 0.3) is 0 Å². The lowest BCUT2D eigenvalue weighted by Gasteiger charge is -2.23. The summed E-state index contributed by atoms with van der Waals surface area (Å²) in [7, 11) is 0. The highest BCUT2D eigenvalue weighted by molar-refractivity contribution is 6.09. The van der Waals surface area contributed by atoms with Crippen molar-refractivity contribution in [2.75, 3.05) is 16.5 Å². The molecule has 0 N–H and O–H groups in total. The molecule has 5 rings (SSSR count). The molecular weight excluding hydrogens is 308 g/mol. The monoisotopic (exact) mass is 326 g/mol. The van der Waals surface area contributed by atoms with E-state index < -0.39 is 0 Å². The lowest BCUT2D eigenvalue weighted by molar-refractivity contribution is 0.667. The number of aryl methyl sites for hydroxylation is 1. The second-order valence-corrected chi connectivity index (χ2v) is 6.42. The topological polar surface area (TPSA) is 19.6 Å². The SMILES string of the molecule is Cc1ccc2c(oc3ccccc32)c1N1C=CN(c2ccccc2)C1. The van der Waals surface area contributed by atoms with Crippen molar-refractivity contribution in [3.05, 3.63) is 84.7 Å². The molecule has 3 nitrogen and oxygen atoms in total. The van der Waals surface area contributed by atoms with Gasteiger partial charge in [-0.05, 0) is 30.7 Å². The molecule has 0 spiro atoms. The number of hydrogen-bond donors (Lipinski definition) is 0. The Morgan fingerprint density at radius 3 is 2.40 bits per heavy atom. The van der Waals surface area contributed by atoms with Gasteiger partial charge in [-0.3, -0.25) is 0 Å². The Kier molecular flexibility index (Phi) is 3.07. The molecule has 0 saturated carbocycles. The molecule has 1 aliphatic heterocycles. The molecule has 0 radical (unpaired) electrons. The summed E-state index contributed by atoms with van der Waals surface area (Å²) in [5.74, 6) is 0. The summed E-state index contributed by atoms with van der Waals surface area (Å²) in [6, 6.07) is 23.0. The van der Waals surface area contributed by atoms with Gasteiger partial charge in [0.05, 0.1) is 12.4 Å². The molecule has 0 saturated heterocycles. The zero-order chi connectivity index (χ0) is 16.8. The molecule has 0 amide bonds. The Bertz CT molecular complexity index is 1100. The van der Waals surface area contributed by atoms with Crippen LogP contribution in [0.5, 0.6) is 0 Å². The number of anilines is 2. The summed E-state index contributed by atoms with van der Waals surface area (Å²) in [6.45, 7) is 2.92. The van der Waals surface area contributed by atoms with Crippen molar-refractivity contribution >= 4 is 33.3 Å². The van der Waals surface area contributed by atoms with Crippen LogP contribution >= 0.6 is 0 Å². The minimum Gasteiger partial charge on any atom is -0.454 e. The van der Waals surface area contributed by atoms with Gasteiger partial charge in [0, 0.05) is 28.9 Å². The molecule has 3 aromatic carbocycles. The van der Waals surface area contributed by atoms with Crippen LogP contribution in [-0.4, -0.2) is 6.67 Å². The minimum atomic E-state index is 0.779. The van der Waals surface area contributed by atoms with Crippen molar-refractivity contribution in [1.29, 1.82) is 0 Å². The predicted molar refractivity (Wildman–Crippen MR) is 104 cm³/mol.